The molecule has 0 amide bonds. The second-order valence-electron chi connectivity index (χ2n) is 3.59. The Morgan fingerprint density at radius 2 is 1.75 bits per heavy atom. The molecule has 2 rings (SSSR count). The Kier molecular flexibility index (Phi) is 3.32. The number of aliphatic hydroxyl groups is 1. The van der Waals surface area contributed by atoms with E-state index in [1.54, 1.807) is 6.07 Å². The first-order chi connectivity index (χ1) is 7.70. The molecule has 0 aliphatic carbocycles. The molecular formula is C13H10BClO. The molecular weight excluding hydrogens is 218 g/mol. The van der Waals surface area contributed by atoms with Crippen molar-refractivity contribution in [3.05, 3.63) is 53.1 Å². The Bertz CT molecular complexity index is 494. The van der Waals surface area contributed by atoms with Crippen molar-refractivity contribution in [2.75, 3.05) is 0 Å². The predicted molar refractivity (Wildman–Crippen MR) is 68.2 cm³/mol. The molecule has 16 heavy (non-hydrogen) atoms. The minimum Gasteiger partial charge on any atom is -0.392 e. The van der Waals surface area contributed by atoms with E-state index in [0.717, 1.165) is 16.7 Å². The topological polar surface area (TPSA) is 20.2 Å². The maximum Gasteiger partial charge on any atom is 0.113 e. The van der Waals surface area contributed by atoms with Crippen LogP contribution in [0, 0.1) is 0 Å². The smallest absolute Gasteiger partial charge is 0.113 e. The third kappa shape index (κ3) is 2.29. The van der Waals surface area contributed by atoms with Gasteiger partial charge in [-0.2, -0.15) is 0 Å². The maximum absolute atomic E-state index is 8.95. The fraction of sp³-hybridized carbons (Fsp3) is 0.0769. The molecule has 0 aliphatic heterocycles. The minimum absolute atomic E-state index is 0.0513. The molecule has 0 aliphatic rings. The molecule has 2 radical (unpaired) electrons. The van der Waals surface area contributed by atoms with Crippen LogP contribution in [0.15, 0.2) is 42.5 Å². The predicted octanol–water partition coefficient (Wildman–Crippen LogP) is 2.29. The maximum atomic E-state index is 8.95. The van der Waals surface area contributed by atoms with Gasteiger partial charge in [0.15, 0.2) is 0 Å². The van der Waals surface area contributed by atoms with Gasteiger partial charge < -0.3 is 5.11 Å². The van der Waals surface area contributed by atoms with E-state index in [2.05, 4.69) is 0 Å². The molecule has 0 unspecified atom stereocenters. The van der Waals surface area contributed by atoms with Gasteiger partial charge in [-0.1, -0.05) is 53.5 Å². The summed E-state index contributed by atoms with van der Waals surface area (Å²) in [5.41, 5.74) is 3.50. The minimum atomic E-state index is 0.0513. The average molecular weight is 228 g/mol. The standard InChI is InChI=1S/C13H10BClO/c14-11-5-6-12(13(15)7-11)10-3-1-9(8-16)2-4-10/h1-7,16H,8H2. The van der Waals surface area contributed by atoms with Gasteiger partial charge in [-0.3, -0.25) is 0 Å². The summed E-state index contributed by atoms with van der Waals surface area (Å²) in [6.07, 6.45) is 0. The first-order valence-electron chi connectivity index (χ1n) is 4.96. The van der Waals surface area contributed by atoms with Crippen LogP contribution in [-0.4, -0.2) is 13.0 Å². The monoisotopic (exact) mass is 228 g/mol. The van der Waals surface area contributed by atoms with Crippen molar-refractivity contribution >= 4 is 24.9 Å². The van der Waals surface area contributed by atoms with Crippen LogP contribution in [0.5, 0.6) is 0 Å². The van der Waals surface area contributed by atoms with Gasteiger partial charge in [-0.05, 0) is 17.2 Å². The normalized spacial score (nSPS) is 10.4. The van der Waals surface area contributed by atoms with E-state index in [4.69, 9.17) is 24.6 Å². The number of aliphatic hydroxyl groups excluding tert-OH is 1. The lowest BCUT2D eigenvalue weighted by atomic mass is 9.93. The van der Waals surface area contributed by atoms with Gasteiger partial charge in [0.2, 0.25) is 0 Å². The summed E-state index contributed by atoms with van der Waals surface area (Å²) in [5.74, 6) is 0. The van der Waals surface area contributed by atoms with Gasteiger partial charge in [-0.25, -0.2) is 0 Å². The van der Waals surface area contributed by atoms with Crippen LogP contribution >= 0.6 is 11.6 Å². The number of benzene rings is 2. The van der Waals surface area contributed by atoms with E-state index in [1.165, 1.54) is 0 Å². The van der Waals surface area contributed by atoms with Gasteiger partial charge in [0.1, 0.15) is 7.85 Å². The Morgan fingerprint density at radius 3 is 2.31 bits per heavy atom. The third-order valence-corrected chi connectivity index (χ3v) is 2.75. The highest BCUT2D eigenvalue weighted by Crippen LogP contribution is 2.26. The molecule has 2 aromatic carbocycles. The number of halogens is 1. The molecule has 0 saturated carbocycles. The van der Waals surface area contributed by atoms with Gasteiger partial charge >= 0.3 is 0 Å². The van der Waals surface area contributed by atoms with Crippen molar-refractivity contribution in [3.8, 4) is 11.1 Å². The highest BCUT2D eigenvalue weighted by atomic mass is 35.5. The van der Waals surface area contributed by atoms with Gasteiger partial charge in [0.05, 0.1) is 6.61 Å². The van der Waals surface area contributed by atoms with Crippen molar-refractivity contribution in [1.29, 1.82) is 0 Å². The fourth-order valence-electron chi connectivity index (χ4n) is 1.56. The van der Waals surface area contributed by atoms with Crippen LogP contribution in [0.1, 0.15) is 5.56 Å². The molecule has 0 fully saturated rings. The lowest BCUT2D eigenvalue weighted by Gasteiger charge is -2.06. The largest absolute Gasteiger partial charge is 0.392 e. The van der Waals surface area contributed by atoms with Crippen LogP contribution in [-0.2, 0) is 6.61 Å². The van der Waals surface area contributed by atoms with E-state index in [-0.39, 0.29) is 6.61 Å². The van der Waals surface area contributed by atoms with Crippen molar-refractivity contribution in [1.82, 2.24) is 0 Å². The summed E-state index contributed by atoms with van der Waals surface area (Å²) in [5, 5.41) is 9.58. The van der Waals surface area contributed by atoms with Crippen LogP contribution in [0.2, 0.25) is 5.02 Å². The van der Waals surface area contributed by atoms with Crippen molar-refractivity contribution in [2.24, 2.45) is 0 Å². The van der Waals surface area contributed by atoms with E-state index < -0.39 is 0 Å². The molecule has 0 atom stereocenters. The lowest BCUT2D eigenvalue weighted by Crippen LogP contribution is -2.00. The quantitative estimate of drug-likeness (QED) is 0.782. The van der Waals surface area contributed by atoms with Crippen LogP contribution in [0.3, 0.4) is 0 Å². The molecule has 78 valence electrons. The fourth-order valence-corrected chi connectivity index (χ4v) is 1.85. The molecule has 1 nitrogen and oxygen atoms in total. The highest BCUT2D eigenvalue weighted by molar-refractivity contribution is 6.37. The molecule has 0 aromatic heterocycles. The van der Waals surface area contributed by atoms with E-state index >= 15 is 0 Å². The van der Waals surface area contributed by atoms with Crippen LogP contribution in [0.4, 0.5) is 0 Å². The summed E-state index contributed by atoms with van der Waals surface area (Å²) in [6, 6.07) is 13.1. The second-order valence-corrected chi connectivity index (χ2v) is 4.00. The van der Waals surface area contributed by atoms with Crippen LogP contribution in [0.25, 0.3) is 11.1 Å². The van der Waals surface area contributed by atoms with Crippen LogP contribution < -0.4 is 5.46 Å². The summed E-state index contributed by atoms with van der Waals surface area (Å²) < 4.78 is 0. The SMILES string of the molecule is [B]c1ccc(-c2ccc(CO)cc2)c(Cl)c1. The molecule has 0 saturated heterocycles. The van der Waals surface area contributed by atoms with Gasteiger partial charge in [-0.15, -0.1) is 0 Å². The Labute approximate surface area is 101 Å². The second kappa shape index (κ2) is 4.73. The average Bonchev–Trinajstić information content (AvgIpc) is 2.29. The zero-order valence-electron chi connectivity index (χ0n) is 8.65. The zero-order chi connectivity index (χ0) is 11.5. The Morgan fingerprint density at radius 1 is 1.06 bits per heavy atom. The van der Waals surface area contributed by atoms with E-state index in [1.807, 2.05) is 36.4 Å². The molecule has 2 aromatic rings. The summed E-state index contributed by atoms with van der Waals surface area (Å²) in [4.78, 5) is 0. The Balaban J connectivity index is 2.42. The van der Waals surface area contributed by atoms with E-state index in [0.29, 0.717) is 10.5 Å². The third-order valence-electron chi connectivity index (χ3n) is 2.44. The van der Waals surface area contributed by atoms with Gasteiger partial charge in [0.25, 0.3) is 0 Å². The van der Waals surface area contributed by atoms with Crippen molar-refractivity contribution in [3.63, 3.8) is 0 Å². The molecule has 0 spiro atoms. The summed E-state index contributed by atoms with van der Waals surface area (Å²) >= 11 is 6.11. The summed E-state index contributed by atoms with van der Waals surface area (Å²) in [7, 11) is 5.63. The molecule has 3 heteroatoms. The highest BCUT2D eigenvalue weighted by Gasteiger charge is 2.03. The lowest BCUT2D eigenvalue weighted by molar-refractivity contribution is 0.282. The first-order valence-corrected chi connectivity index (χ1v) is 5.33. The van der Waals surface area contributed by atoms with E-state index in [9.17, 15) is 0 Å². The molecule has 0 heterocycles. The van der Waals surface area contributed by atoms with Crippen molar-refractivity contribution in [2.45, 2.75) is 6.61 Å². The number of hydrogen-bond donors (Lipinski definition) is 1. The summed E-state index contributed by atoms with van der Waals surface area (Å²) in [6.45, 7) is 0.0513. The number of rotatable bonds is 2. The Hall–Kier alpha value is -1.25. The first kappa shape index (κ1) is 11.2. The van der Waals surface area contributed by atoms with Gasteiger partial charge in [0, 0.05) is 10.6 Å². The number of hydrogen-bond acceptors (Lipinski definition) is 1. The molecule has 1 N–H and O–H groups in total. The zero-order valence-corrected chi connectivity index (χ0v) is 9.41. The van der Waals surface area contributed by atoms with Crippen molar-refractivity contribution < 1.29 is 5.11 Å². The molecule has 0 bridgehead atoms.